The van der Waals surface area contributed by atoms with E-state index in [0.717, 1.165) is 77.6 Å². The molecule has 416 valence electrons. The maximum atomic E-state index is 6.45. The number of furan rings is 2. The summed E-state index contributed by atoms with van der Waals surface area (Å²) in [5.74, 6) is 0.839. The molecule has 0 aliphatic rings. The quantitative estimate of drug-likeness (QED) is 0.101. The Bertz CT molecular complexity index is 5730. The van der Waals surface area contributed by atoms with Crippen molar-refractivity contribution < 1.29 is 8.83 Å². The summed E-state index contributed by atoms with van der Waals surface area (Å²) in [7, 11) is 0. The van der Waals surface area contributed by atoms with E-state index in [0.29, 0.717) is 0 Å². The molecule has 0 saturated carbocycles. The minimum absolute atomic E-state index is 0.839. The van der Waals surface area contributed by atoms with E-state index in [1.54, 1.807) is 6.08 Å². The summed E-state index contributed by atoms with van der Waals surface area (Å²) in [4.78, 5) is 0. The second-order valence-electron chi connectivity index (χ2n) is 23.4. The number of para-hydroxylation sites is 1. The van der Waals surface area contributed by atoms with Crippen molar-refractivity contribution in [3.63, 3.8) is 0 Å². The first-order valence-corrected chi connectivity index (χ1v) is 30.6. The zero-order chi connectivity index (χ0) is 59.1. The van der Waals surface area contributed by atoms with Gasteiger partial charge in [0, 0.05) is 21.7 Å². The average molecular weight is 1130 g/mol. The van der Waals surface area contributed by atoms with E-state index in [2.05, 4.69) is 299 Å². The Kier molecular flexibility index (Phi) is 12.3. The molecule has 0 spiro atoms. The third-order valence-electron chi connectivity index (χ3n) is 18.4. The molecule has 0 atom stereocenters. The number of fused-ring (bicyclic) bond motifs is 9. The lowest BCUT2D eigenvalue weighted by atomic mass is 9.82. The van der Waals surface area contributed by atoms with Gasteiger partial charge in [-0.15, -0.1) is 0 Å². The first kappa shape index (κ1) is 51.8. The zero-order valence-corrected chi connectivity index (χ0v) is 49.0. The molecule has 0 fully saturated rings. The summed E-state index contributed by atoms with van der Waals surface area (Å²) in [5.41, 5.74) is 22.5. The molecule has 0 aliphatic heterocycles. The Hall–Kier alpha value is -11.6. The van der Waals surface area contributed by atoms with Crippen molar-refractivity contribution in [2.75, 3.05) is 0 Å². The van der Waals surface area contributed by atoms with Crippen molar-refractivity contribution in [3.05, 3.63) is 321 Å². The minimum Gasteiger partial charge on any atom is -0.456 e. The van der Waals surface area contributed by atoms with Crippen LogP contribution < -0.4 is 0 Å². The fourth-order valence-electron chi connectivity index (χ4n) is 14.2. The van der Waals surface area contributed by atoms with E-state index in [4.69, 9.17) is 8.83 Å². The van der Waals surface area contributed by atoms with Gasteiger partial charge in [0.1, 0.15) is 22.5 Å². The number of allylic oxidation sites excluding steroid dienone is 2. The Morgan fingerprint density at radius 2 is 0.652 bits per heavy atom. The van der Waals surface area contributed by atoms with Gasteiger partial charge in [-0.2, -0.15) is 0 Å². The lowest BCUT2D eigenvalue weighted by molar-refractivity contribution is 0.601. The summed E-state index contributed by atoms with van der Waals surface area (Å²) < 4.78 is 12.8. The van der Waals surface area contributed by atoms with Gasteiger partial charge in [0.2, 0.25) is 0 Å². The molecule has 89 heavy (non-hydrogen) atoms. The van der Waals surface area contributed by atoms with Crippen LogP contribution in [0.1, 0.15) is 11.3 Å². The van der Waals surface area contributed by atoms with Crippen LogP contribution in [0.2, 0.25) is 0 Å². The normalized spacial score (nSPS) is 11.9. The van der Waals surface area contributed by atoms with Crippen LogP contribution in [0.5, 0.6) is 0 Å². The van der Waals surface area contributed by atoms with E-state index in [-0.39, 0.29) is 0 Å². The molecule has 0 unspecified atom stereocenters. The van der Waals surface area contributed by atoms with Crippen LogP contribution in [-0.4, -0.2) is 0 Å². The van der Waals surface area contributed by atoms with Gasteiger partial charge in [0.25, 0.3) is 0 Å². The third kappa shape index (κ3) is 8.71. The predicted octanol–water partition coefficient (Wildman–Crippen LogP) is 24.9. The molecular weight excluding hydrogens is 1080 g/mol. The highest BCUT2D eigenvalue weighted by molar-refractivity contribution is 6.26. The second kappa shape index (κ2) is 21.1. The highest BCUT2D eigenvalue weighted by Crippen LogP contribution is 2.50. The Labute approximate surface area is 515 Å². The Morgan fingerprint density at radius 3 is 1.28 bits per heavy atom. The molecule has 0 amide bonds. The van der Waals surface area contributed by atoms with Gasteiger partial charge >= 0.3 is 0 Å². The van der Waals surface area contributed by atoms with Crippen LogP contribution in [0.3, 0.4) is 0 Å². The summed E-state index contributed by atoms with van der Waals surface area (Å²) in [5, 5.41) is 15.3. The predicted molar refractivity (Wildman–Crippen MR) is 378 cm³/mol. The van der Waals surface area contributed by atoms with Crippen molar-refractivity contribution in [3.8, 4) is 89.0 Å². The van der Waals surface area contributed by atoms with Crippen LogP contribution in [0, 0.1) is 6.92 Å². The molecule has 0 saturated heterocycles. The number of aryl methyl sites for hydroxylation is 1. The van der Waals surface area contributed by atoms with Crippen molar-refractivity contribution in [1.29, 1.82) is 0 Å². The third-order valence-corrected chi connectivity index (χ3v) is 18.4. The van der Waals surface area contributed by atoms with Crippen LogP contribution in [0.15, 0.2) is 319 Å². The van der Waals surface area contributed by atoms with Gasteiger partial charge in [-0.1, -0.05) is 255 Å². The van der Waals surface area contributed by atoms with Gasteiger partial charge in [-0.3, -0.25) is 0 Å². The zero-order valence-electron chi connectivity index (χ0n) is 49.0. The topological polar surface area (TPSA) is 26.3 Å². The average Bonchev–Trinajstić information content (AvgIpc) is 1.60. The molecule has 2 aromatic heterocycles. The summed E-state index contributed by atoms with van der Waals surface area (Å²) in [6.07, 6.45) is 5.72. The van der Waals surface area contributed by atoms with E-state index in [1.807, 2.05) is 18.2 Å². The maximum absolute atomic E-state index is 6.45. The SMILES string of the molecule is C=C/C=C\c1oc2ccc(-c3c4ccc(-c5ccccc5)cc4c(-c4cccc5ccccc45)c4cc(-c5cccc(-c6ccc7c(-c8ccc9oc%10ccccc%10c9c8)c8ccccc8c(-c8ccc(-c9ccccc9)cc8)c7c6)c5)ccc34)cc2c1C. The molecule has 2 heteroatoms. The number of rotatable bonds is 10. The fourth-order valence-corrected chi connectivity index (χ4v) is 14.2. The first-order valence-electron chi connectivity index (χ1n) is 30.6. The van der Waals surface area contributed by atoms with Crippen molar-refractivity contribution >= 4 is 92.8 Å². The highest BCUT2D eigenvalue weighted by atomic mass is 16.3. The van der Waals surface area contributed by atoms with Crippen LogP contribution in [-0.2, 0) is 0 Å². The molecule has 2 heterocycles. The number of hydrogen-bond donors (Lipinski definition) is 0. The van der Waals surface area contributed by atoms with Gasteiger partial charge in [0.05, 0.1) is 0 Å². The molecular formula is C87H56O2. The van der Waals surface area contributed by atoms with E-state index >= 15 is 0 Å². The van der Waals surface area contributed by atoms with Gasteiger partial charge in [0.15, 0.2) is 0 Å². The highest BCUT2D eigenvalue weighted by Gasteiger charge is 2.23. The summed E-state index contributed by atoms with van der Waals surface area (Å²) >= 11 is 0. The number of benzene rings is 15. The number of hydrogen-bond acceptors (Lipinski definition) is 2. The van der Waals surface area contributed by atoms with E-state index < -0.39 is 0 Å². The molecule has 2 nitrogen and oxygen atoms in total. The summed E-state index contributed by atoms with van der Waals surface area (Å²) in [6, 6.07) is 107. The monoisotopic (exact) mass is 1130 g/mol. The molecule has 0 N–H and O–H groups in total. The summed E-state index contributed by atoms with van der Waals surface area (Å²) in [6.45, 7) is 6.07. The van der Waals surface area contributed by atoms with E-state index in [1.165, 1.54) is 109 Å². The largest absolute Gasteiger partial charge is 0.456 e. The fraction of sp³-hybridized carbons (Fsp3) is 0.0115. The Balaban J connectivity index is 0.887. The van der Waals surface area contributed by atoms with Crippen molar-refractivity contribution in [1.82, 2.24) is 0 Å². The molecule has 0 bridgehead atoms. The van der Waals surface area contributed by atoms with Crippen LogP contribution in [0.4, 0.5) is 0 Å². The van der Waals surface area contributed by atoms with Gasteiger partial charge in [-0.25, -0.2) is 0 Å². The molecule has 15 aromatic carbocycles. The first-order chi connectivity index (χ1) is 44.0. The standard InChI is InChI=1S/C87H56O2/c1-3-4-32-80-54(2)75-52-65(41-46-82(75)88-80)86-73-43-38-62(56-21-9-6-10-22-56)49-78(73)87(69-31-18-24-58-23-11-12-27-67(58)69)79-51-64(40-45-74(79)86)61-26-17-25-60(48-61)63-39-44-72-77(50-63)84(59-36-34-57(35-37-59)55-19-7-5-8-20-55)70-29-13-14-30-71(70)85(72)66-42-47-83-76(53-66)68-28-15-16-33-81(68)89-83/h3-53H,1H2,2H3/b32-4-. The maximum Gasteiger partial charge on any atom is 0.135 e. The Morgan fingerprint density at radius 1 is 0.258 bits per heavy atom. The minimum atomic E-state index is 0.839. The lowest BCUT2D eigenvalue weighted by Crippen LogP contribution is -1.94. The van der Waals surface area contributed by atoms with Gasteiger partial charge in [-0.05, 0) is 210 Å². The van der Waals surface area contributed by atoms with Crippen molar-refractivity contribution in [2.24, 2.45) is 0 Å². The molecule has 17 rings (SSSR count). The lowest BCUT2D eigenvalue weighted by Gasteiger charge is -2.21. The van der Waals surface area contributed by atoms with Crippen molar-refractivity contribution in [2.45, 2.75) is 6.92 Å². The second-order valence-corrected chi connectivity index (χ2v) is 23.4. The van der Waals surface area contributed by atoms with Gasteiger partial charge < -0.3 is 8.83 Å². The molecule has 17 aromatic rings. The van der Waals surface area contributed by atoms with Crippen LogP contribution >= 0.6 is 0 Å². The van der Waals surface area contributed by atoms with Crippen LogP contribution in [0.25, 0.3) is 182 Å². The smallest absolute Gasteiger partial charge is 0.135 e. The van der Waals surface area contributed by atoms with E-state index in [9.17, 15) is 0 Å². The molecule has 0 aliphatic carbocycles. The molecule has 0 radical (unpaired) electrons.